The standard InChI is InChI=1S/C32H30F2N6O8/c1-4-45-24(42)11-8-16-12-22(43-2)27(23(13-16)44-3)48-28-25(33)30(46-19-7-5-6-18(15-19)39-32(37)38)40-31(26(28)34)47-21-14-17(29(35)36)9-10-20(21)41/h5-15,41H,4H2,1-3H3,(H3,35,36)(H4,37,38,39). The fourth-order valence-corrected chi connectivity index (χ4v) is 4.03. The van der Waals surface area contributed by atoms with Crippen molar-refractivity contribution in [1.29, 1.82) is 10.8 Å². The third-order valence-electron chi connectivity index (χ3n) is 6.17. The number of carbonyl (C=O) groups excluding carboxylic acids is 1. The summed E-state index contributed by atoms with van der Waals surface area (Å²) in [5, 5.41) is 28.1. The van der Waals surface area contributed by atoms with E-state index in [1.165, 1.54) is 62.8 Å². The Hall–Kier alpha value is -6.58. The van der Waals surface area contributed by atoms with Crippen LogP contribution in [-0.4, -0.2) is 48.7 Å². The highest BCUT2D eigenvalue weighted by Crippen LogP contribution is 2.46. The van der Waals surface area contributed by atoms with Crippen molar-refractivity contribution in [1.82, 2.24) is 4.98 Å². The molecule has 0 saturated carbocycles. The lowest BCUT2D eigenvalue weighted by Gasteiger charge is -2.18. The molecule has 0 aliphatic carbocycles. The van der Waals surface area contributed by atoms with Gasteiger partial charge in [-0.2, -0.15) is 13.8 Å². The van der Waals surface area contributed by atoms with E-state index in [-0.39, 0.29) is 52.7 Å². The van der Waals surface area contributed by atoms with Crippen LogP contribution in [0.4, 0.5) is 14.5 Å². The molecule has 0 bridgehead atoms. The van der Waals surface area contributed by atoms with Crippen LogP contribution in [0.2, 0.25) is 0 Å². The number of nitrogen functional groups attached to an aromatic ring is 1. The van der Waals surface area contributed by atoms with Gasteiger partial charge in [0.15, 0.2) is 29.0 Å². The molecular weight excluding hydrogens is 634 g/mol. The number of benzene rings is 3. The van der Waals surface area contributed by atoms with Crippen molar-refractivity contribution >= 4 is 29.5 Å². The van der Waals surface area contributed by atoms with Gasteiger partial charge in [-0.15, -0.1) is 0 Å². The molecule has 16 heteroatoms. The highest BCUT2D eigenvalue weighted by Gasteiger charge is 2.29. The number of rotatable bonds is 13. The van der Waals surface area contributed by atoms with Crippen molar-refractivity contribution in [3.8, 4) is 52.0 Å². The minimum atomic E-state index is -1.46. The first kappa shape index (κ1) is 34.3. The largest absolute Gasteiger partial charge is 0.504 e. The van der Waals surface area contributed by atoms with Gasteiger partial charge in [0.1, 0.15) is 11.6 Å². The number of pyridine rings is 1. The number of amidine groups is 1. The Kier molecular flexibility index (Phi) is 10.8. The Labute approximate surface area is 272 Å². The second-order valence-electron chi connectivity index (χ2n) is 9.49. The molecule has 3 aromatic carbocycles. The van der Waals surface area contributed by atoms with Crippen LogP contribution in [0.25, 0.3) is 6.08 Å². The highest BCUT2D eigenvalue weighted by molar-refractivity contribution is 5.95. The van der Waals surface area contributed by atoms with E-state index >= 15 is 8.78 Å². The maximum Gasteiger partial charge on any atom is 0.330 e. The lowest BCUT2D eigenvalue weighted by molar-refractivity contribution is -0.137. The number of esters is 1. The van der Waals surface area contributed by atoms with Crippen LogP contribution >= 0.6 is 0 Å². The van der Waals surface area contributed by atoms with Gasteiger partial charge in [0.2, 0.25) is 23.1 Å². The van der Waals surface area contributed by atoms with Gasteiger partial charge < -0.3 is 50.3 Å². The molecule has 1 aromatic heterocycles. The van der Waals surface area contributed by atoms with Crippen LogP contribution in [0.5, 0.6) is 52.0 Å². The van der Waals surface area contributed by atoms with Gasteiger partial charge in [-0.3, -0.25) is 10.8 Å². The van der Waals surface area contributed by atoms with E-state index < -0.39 is 40.9 Å². The van der Waals surface area contributed by atoms with Gasteiger partial charge >= 0.3 is 5.97 Å². The van der Waals surface area contributed by atoms with E-state index in [9.17, 15) is 9.90 Å². The van der Waals surface area contributed by atoms with E-state index in [4.69, 9.17) is 50.7 Å². The number of carbonyl (C=O) groups is 1. The summed E-state index contributed by atoms with van der Waals surface area (Å²) in [4.78, 5) is 15.7. The Morgan fingerprint density at radius 2 is 1.58 bits per heavy atom. The van der Waals surface area contributed by atoms with E-state index in [0.29, 0.717) is 11.3 Å². The normalized spacial score (nSPS) is 10.7. The predicted octanol–water partition coefficient (Wildman–Crippen LogP) is 5.63. The molecule has 0 aliphatic rings. The third-order valence-corrected chi connectivity index (χ3v) is 6.17. The molecule has 0 spiro atoms. The monoisotopic (exact) mass is 664 g/mol. The number of hydrogen-bond acceptors (Lipinski definition) is 11. The summed E-state index contributed by atoms with van der Waals surface area (Å²) >= 11 is 0. The molecular formula is C32H30F2N6O8. The van der Waals surface area contributed by atoms with Gasteiger partial charge in [-0.05, 0) is 61.0 Å². The summed E-state index contributed by atoms with van der Waals surface area (Å²) in [5.74, 6) is -8.25. The molecule has 4 rings (SSSR count). The van der Waals surface area contributed by atoms with Crippen LogP contribution in [-0.2, 0) is 9.53 Å². The van der Waals surface area contributed by atoms with Crippen LogP contribution in [0, 0.1) is 22.5 Å². The first-order chi connectivity index (χ1) is 22.9. The summed E-state index contributed by atoms with van der Waals surface area (Å²) in [6.45, 7) is 1.83. The Morgan fingerprint density at radius 3 is 2.19 bits per heavy atom. The van der Waals surface area contributed by atoms with Gasteiger partial charge in [0.05, 0.1) is 20.8 Å². The zero-order valence-corrected chi connectivity index (χ0v) is 25.7. The quantitative estimate of drug-likeness (QED) is 0.0444. The maximum atomic E-state index is 16.1. The van der Waals surface area contributed by atoms with Crippen LogP contribution < -0.4 is 40.5 Å². The Morgan fingerprint density at radius 1 is 0.917 bits per heavy atom. The molecule has 0 atom stereocenters. The zero-order valence-electron chi connectivity index (χ0n) is 25.7. The zero-order chi connectivity index (χ0) is 35.0. The fraction of sp³-hybridized carbons (Fsp3) is 0.125. The molecule has 4 aromatic rings. The van der Waals surface area contributed by atoms with E-state index in [1.54, 1.807) is 13.0 Å². The number of methoxy groups -OCH3 is 2. The molecule has 0 unspecified atom stereocenters. The number of ether oxygens (including phenoxy) is 6. The number of guanidine groups is 1. The van der Waals surface area contributed by atoms with Crippen LogP contribution in [0.3, 0.4) is 0 Å². The number of nitrogens with two attached hydrogens (primary N) is 2. The van der Waals surface area contributed by atoms with Crippen molar-refractivity contribution in [2.45, 2.75) is 6.92 Å². The molecule has 48 heavy (non-hydrogen) atoms. The Balaban J connectivity index is 1.85. The summed E-state index contributed by atoms with van der Waals surface area (Å²) < 4.78 is 64.8. The van der Waals surface area contributed by atoms with Crippen molar-refractivity contribution in [2.24, 2.45) is 11.5 Å². The number of aromatic hydroxyl groups is 1. The first-order valence-electron chi connectivity index (χ1n) is 13.9. The van der Waals surface area contributed by atoms with Gasteiger partial charge in [0, 0.05) is 23.4 Å². The summed E-state index contributed by atoms with van der Waals surface area (Å²) in [5.41, 5.74) is 11.8. The minimum Gasteiger partial charge on any atom is -0.504 e. The molecule has 250 valence electrons. The average Bonchev–Trinajstić information content (AvgIpc) is 3.05. The smallest absolute Gasteiger partial charge is 0.330 e. The molecule has 1 heterocycles. The minimum absolute atomic E-state index is 0.00881. The van der Waals surface area contributed by atoms with Gasteiger partial charge in [-0.25, -0.2) is 4.79 Å². The fourth-order valence-electron chi connectivity index (χ4n) is 4.03. The van der Waals surface area contributed by atoms with Crippen molar-refractivity contribution < 1.29 is 47.1 Å². The number of phenolic OH excluding ortho intramolecular Hbond substituents is 1. The molecule has 0 radical (unpaired) electrons. The van der Waals surface area contributed by atoms with Gasteiger partial charge in [0.25, 0.3) is 11.8 Å². The molecule has 0 aliphatic heterocycles. The third kappa shape index (κ3) is 8.16. The number of halogens is 2. The number of anilines is 1. The van der Waals surface area contributed by atoms with E-state index in [2.05, 4.69) is 10.3 Å². The number of phenols is 1. The molecule has 0 fully saturated rings. The summed E-state index contributed by atoms with van der Waals surface area (Å²) in [6.07, 6.45) is 2.58. The Bertz CT molecular complexity index is 1880. The second kappa shape index (κ2) is 15.1. The first-order valence-corrected chi connectivity index (χ1v) is 13.9. The molecule has 14 nitrogen and oxygen atoms in total. The van der Waals surface area contributed by atoms with Crippen molar-refractivity contribution in [3.05, 3.63) is 83.4 Å². The number of nitrogens with zero attached hydrogens (tertiary/aromatic N) is 1. The summed E-state index contributed by atoms with van der Waals surface area (Å²) in [7, 11) is 2.55. The van der Waals surface area contributed by atoms with Crippen LogP contribution in [0.15, 0.2) is 60.7 Å². The second-order valence-corrected chi connectivity index (χ2v) is 9.49. The molecule has 0 saturated heterocycles. The van der Waals surface area contributed by atoms with E-state index in [1.807, 2.05) is 0 Å². The SMILES string of the molecule is CCOC(=O)C=Cc1cc(OC)c(Oc2c(F)c(Oc3cccc(NC(=N)N)c3)nc(Oc3cc(C(=N)N)ccc3O)c2F)c(OC)c1. The lowest BCUT2D eigenvalue weighted by atomic mass is 10.1. The maximum absolute atomic E-state index is 16.1. The predicted molar refractivity (Wildman–Crippen MR) is 171 cm³/mol. The van der Waals surface area contributed by atoms with E-state index in [0.717, 1.165) is 12.1 Å². The number of nitrogens with one attached hydrogen (secondary N) is 3. The van der Waals surface area contributed by atoms with Crippen molar-refractivity contribution in [3.63, 3.8) is 0 Å². The lowest BCUT2D eigenvalue weighted by Crippen LogP contribution is -2.20. The van der Waals surface area contributed by atoms with Crippen LogP contribution in [0.1, 0.15) is 18.1 Å². The van der Waals surface area contributed by atoms with Crippen molar-refractivity contribution in [2.75, 3.05) is 26.1 Å². The number of hydrogen-bond donors (Lipinski definition) is 6. The average molecular weight is 665 g/mol. The summed E-state index contributed by atoms with van der Waals surface area (Å²) in [6, 6.07) is 12.3. The number of aromatic nitrogens is 1. The topological polar surface area (TPSA) is 217 Å². The molecule has 8 N–H and O–H groups in total. The van der Waals surface area contributed by atoms with Gasteiger partial charge in [-0.1, -0.05) is 6.07 Å². The molecule has 0 amide bonds. The highest BCUT2D eigenvalue weighted by atomic mass is 19.1.